The van der Waals surface area contributed by atoms with Crippen molar-refractivity contribution in [3.63, 3.8) is 0 Å². The predicted molar refractivity (Wildman–Crippen MR) is 62.1 cm³/mol. The first kappa shape index (κ1) is 10.3. The maximum absolute atomic E-state index is 11.6. The van der Waals surface area contributed by atoms with E-state index in [1.165, 1.54) is 0 Å². The second-order valence-electron chi connectivity index (χ2n) is 4.01. The van der Waals surface area contributed by atoms with Crippen LogP contribution >= 0.6 is 0 Å². The van der Waals surface area contributed by atoms with E-state index in [1.54, 1.807) is 18.2 Å². The van der Waals surface area contributed by atoms with Gasteiger partial charge in [-0.25, -0.2) is 8.42 Å². The number of aryl methyl sites for hydroxylation is 1. The molecule has 0 unspecified atom stereocenters. The lowest BCUT2D eigenvalue weighted by molar-refractivity contribution is 0.436. The van der Waals surface area contributed by atoms with Crippen molar-refractivity contribution in [2.24, 2.45) is 0 Å². The van der Waals surface area contributed by atoms with Crippen LogP contribution in [-0.2, 0) is 16.3 Å². The summed E-state index contributed by atoms with van der Waals surface area (Å²) >= 11 is 0. The van der Waals surface area contributed by atoms with Crippen LogP contribution in [0.1, 0.15) is 5.56 Å². The number of hydrogen-bond acceptors (Lipinski definition) is 5. The molecule has 0 amide bonds. The molecule has 5 nitrogen and oxygen atoms in total. The number of anilines is 1. The minimum absolute atomic E-state index is 0.185. The van der Waals surface area contributed by atoms with Gasteiger partial charge in [-0.05, 0) is 30.2 Å². The number of benzene rings is 1. The van der Waals surface area contributed by atoms with Crippen molar-refractivity contribution < 1.29 is 12.9 Å². The average Bonchev–Trinajstić information content (AvgIpc) is 2.84. The van der Waals surface area contributed by atoms with Crippen LogP contribution in [0, 0.1) is 0 Å². The molecule has 0 saturated carbocycles. The summed E-state index contributed by atoms with van der Waals surface area (Å²) < 4.78 is 28.3. The molecular weight excluding hydrogens is 240 g/mol. The lowest BCUT2D eigenvalue weighted by atomic mass is 10.1. The zero-order valence-corrected chi connectivity index (χ0v) is 9.70. The maximum atomic E-state index is 11.6. The minimum atomic E-state index is -3.07. The quantitative estimate of drug-likeness (QED) is 0.823. The number of fused-ring (bicyclic) bond motifs is 1. The molecule has 6 heteroatoms. The number of hydrogen-bond donors (Lipinski definition) is 1. The van der Waals surface area contributed by atoms with Crippen LogP contribution < -0.4 is 5.73 Å². The lowest BCUT2D eigenvalue weighted by Crippen LogP contribution is -1.98. The van der Waals surface area contributed by atoms with E-state index in [9.17, 15) is 8.42 Å². The van der Waals surface area contributed by atoms with Gasteiger partial charge in [-0.15, -0.1) is 0 Å². The van der Waals surface area contributed by atoms with Crippen LogP contribution in [0.5, 0.6) is 0 Å². The lowest BCUT2D eigenvalue weighted by Gasteiger charge is -2.00. The van der Waals surface area contributed by atoms with Gasteiger partial charge in [0.2, 0.25) is 0 Å². The van der Waals surface area contributed by atoms with Gasteiger partial charge in [-0.3, -0.25) is 0 Å². The van der Waals surface area contributed by atoms with Crippen molar-refractivity contribution >= 4 is 15.7 Å². The predicted octanol–water partition coefficient (Wildman–Crippen LogP) is 1.25. The van der Waals surface area contributed by atoms with Gasteiger partial charge in [-0.2, -0.15) is 0 Å². The van der Waals surface area contributed by atoms with Crippen LogP contribution in [0.2, 0.25) is 0 Å². The molecule has 1 aliphatic heterocycles. The highest BCUT2D eigenvalue weighted by Gasteiger charge is 2.26. The minimum Gasteiger partial charge on any atom is -0.381 e. The number of rotatable bonds is 1. The Balaban J connectivity index is 2.12. The smallest absolute Gasteiger partial charge is 0.178 e. The highest BCUT2D eigenvalue weighted by atomic mass is 32.2. The van der Waals surface area contributed by atoms with E-state index < -0.39 is 9.84 Å². The molecule has 2 heterocycles. The summed E-state index contributed by atoms with van der Waals surface area (Å²) in [6.45, 7) is 0. The molecule has 1 aromatic heterocycles. The number of nitrogens with two attached hydrogens (primary N) is 1. The van der Waals surface area contributed by atoms with Crippen molar-refractivity contribution in [2.75, 3.05) is 11.5 Å². The topological polar surface area (TPSA) is 86.2 Å². The maximum Gasteiger partial charge on any atom is 0.178 e. The van der Waals surface area contributed by atoms with Crippen LogP contribution in [0.4, 0.5) is 5.82 Å². The SMILES string of the molecule is Nc1cc(-c2ccc3c(c2)CCS3(=O)=O)on1. The first-order chi connectivity index (χ1) is 8.06. The van der Waals surface area contributed by atoms with E-state index in [2.05, 4.69) is 5.16 Å². The fourth-order valence-corrected chi connectivity index (χ4v) is 3.56. The van der Waals surface area contributed by atoms with Crippen LogP contribution in [0.3, 0.4) is 0 Å². The second-order valence-corrected chi connectivity index (χ2v) is 6.08. The molecule has 0 atom stereocenters. The second kappa shape index (κ2) is 3.33. The number of sulfone groups is 1. The largest absolute Gasteiger partial charge is 0.381 e. The highest BCUT2D eigenvalue weighted by molar-refractivity contribution is 7.91. The van der Waals surface area contributed by atoms with E-state index in [0.717, 1.165) is 11.1 Å². The third-order valence-electron chi connectivity index (χ3n) is 2.85. The summed E-state index contributed by atoms with van der Waals surface area (Å²) in [5, 5.41) is 3.60. The van der Waals surface area contributed by atoms with E-state index >= 15 is 0 Å². The molecule has 0 saturated heterocycles. The Morgan fingerprint density at radius 1 is 1.29 bits per heavy atom. The molecule has 1 aliphatic rings. The van der Waals surface area contributed by atoms with Crippen molar-refractivity contribution in [3.05, 3.63) is 29.8 Å². The van der Waals surface area contributed by atoms with E-state index in [-0.39, 0.29) is 5.75 Å². The molecule has 0 radical (unpaired) electrons. The number of nitrogen functional groups attached to an aromatic ring is 1. The fraction of sp³-hybridized carbons (Fsp3) is 0.182. The molecule has 2 N–H and O–H groups in total. The zero-order chi connectivity index (χ0) is 12.0. The van der Waals surface area contributed by atoms with Crippen LogP contribution in [0.25, 0.3) is 11.3 Å². The fourth-order valence-electron chi connectivity index (χ4n) is 2.01. The van der Waals surface area contributed by atoms with Crippen molar-refractivity contribution in [3.8, 4) is 11.3 Å². The summed E-state index contributed by atoms with van der Waals surface area (Å²) in [7, 11) is -3.07. The van der Waals surface area contributed by atoms with E-state index in [4.69, 9.17) is 10.3 Å². The molecule has 0 fully saturated rings. The van der Waals surface area contributed by atoms with Gasteiger partial charge in [-0.1, -0.05) is 5.16 Å². The normalized spacial score (nSPS) is 16.9. The number of nitrogens with zero attached hydrogens (tertiary/aromatic N) is 1. The zero-order valence-electron chi connectivity index (χ0n) is 8.88. The summed E-state index contributed by atoms with van der Waals surface area (Å²) in [4.78, 5) is 0.425. The molecule has 88 valence electrons. The van der Waals surface area contributed by atoms with Crippen molar-refractivity contribution in [1.29, 1.82) is 0 Å². The Kier molecular flexibility index (Phi) is 2.03. The van der Waals surface area contributed by atoms with Gasteiger partial charge < -0.3 is 10.3 Å². The summed E-state index contributed by atoms with van der Waals surface area (Å²) in [6.07, 6.45) is 0.551. The Hall–Kier alpha value is -1.82. The monoisotopic (exact) mass is 250 g/mol. The Bertz CT molecular complexity index is 688. The summed E-state index contributed by atoms with van der Waals surface area (Å²) in [6, 6.07) is 6.76. The highest BCUT2D eigenvalue weighted by Crippen LogP contribution is 2.30. The average molecular weight is 250 g/mol. The van der Waals surface area contributed by atoms with E-state index in [1.807, 2.05) is 6.07 Å². The summed E-state index contributed by atoms with van der Waals surface area (Å²) in [5.74, 6) is 1.05. The molecule has 17 heavy (non-hydrogen) atoms. The third-order valence-corrected chi connectivity index (χ3v) is 4.66. The van der Waals surface area contributed by atoms with Gasteiger partial charge in [0.05, 0.1) is 10.6 Å². The van der Waals surface area contributed by atoms with Crippen LogP contribution in [0.15, 0.2) is 33.7 Å². The van der Waals surface area contributed by atoms with Gasteiger partial charge >= 0.3 is 0 Å². The van der Waals surface area contributed by atoms with Gasteiger partial charge in [0.1, 0.15) is 0 Å². The van der Waals surface area contributed by atoms with Gasteiger partial charge in [0.15, 0.2) is 21.4 Å². The van der Waals surface area contributed by atoms with Gasteiger partial charge in [0.25, 0.3) is 0 Å². The Morgan fingerprint density at radius 2 is 2.12 bits per heavy atom. The van der Waals surface area contributed by atoms with Crippen LogP contribution in [-0.4, -0.2) is 19.3 Å². The molecule has 0 bridgehead atoms. The van der Waals surface area contributed by atoms with Crippen molar-refractivity contribution in [2.45, 2.75) is 11.3 Å². The number of aromatic nitrogens is 1. The first-order valence-electron chi connectivity index (χ1n) is 5.14. The Morgan fingerprint density at radius 3 is 2.82 bits per heavy atom. The van der Waals surface area contributed by atoms with Crippen molar-refractivity contribution in [1.82, 2.24) is 5.16 Å². The molecule has 2 aromatic rings. The molecule has 3 rings (SSSR count). The molecule has 0 spiro atoms. The third kappa shape index (κ3) is 1.61. The van der Waals surface area contributed by atoms with Gasteiger partial charge in [0, 0.05) is 11.6 Å². The van der Waals surface area contributed by atoms with E-state index in [0.29, 0.717) is 22.9 Å². The molecular formula is C11H10N2O3S. The summed E-state index contributed by atoms with van der Waals surface area (Å²) in [5.41, 5.74) is 7.10. The molecule has 0 aliphatic carbocycles. The molecule has 1 aromatic carbocycles. The first-order valence-corrected chi connectivity index (χ1v) is 6.80. The standard InChI is InChI=1S/C11H10N2O3S/c12-11-6-9(16-13-11)7-1-2-10-8(5-7)3-4-17(10,14)15/h1-2,5-6H,3-4H2,(H2,12,13). The Labute approximate surface area is 98.1 Å².